The first kappa shape index (κ1) is 19.2. The van der Waals surface area contributed by atoms with Crippen LogP contribution in [-0.4, -0.2) is 12.5 Å². The lowest BCUT2D eigenvalue weighted by molar-refractivity contribution is -0.121. The number of benzene rings is 3. The quantitative estimate of drug-likeness (QED) is 0.550. The van der Waals surface area contributed by atoms with Gasteiger partial charge in [0.2, 0.25) is 5.91 Å². The van der Waals surface area contributed by atoms with Gasteiger partial charge in [-0.2, -0.15) is 0 Å². The third-order valence-corrected chi connectivity index (χ3v) is 4.57. The predicted molar refractivity (Wildman–Crippen MR) is 110 cm³/mol. The summed E-state index contributed by atoms with van der Waals surface area (Å²) in [6.07, 6.45) is -0.350. The van der Waals surface area contributed by atoms with Crippen LogP contribution < -0.4 is 11.1 Å². The topological polar surface area (TPSA) is 64.3 Å². The molecule has 27 heavy (non-hydrogen) atoms. The van der Waals surface area contributed by atoms with Crippen molar-refractivity contribution in [1.29, 1.82) is 0 Å². The molecule has 0 aromatic heterocycles. The van der Waals surface area contributed by atoms with Gasteiger partial charge in [0.25, 0.3) is 0 Å². The molecule has 3 aromatic carbocycles. The Balaban J connectivity index is 1.71. The van der Waals surface area contributed by atoms with Gasteiger partial charge in [-0.15, -0.1) is 0 Å². The van der Waals surface area contributed by atoms with Crippen molar-refractivity contribution >= 4 is 40.5 Å². The summed E-state index contributed by atoms with van der Waals surface area (Å²) in [6, 6.07) is 22.6. The molecule has 0 fully saturated rings. The Bertz CT molecular complexity index is 855. The van der Waals surface area contributed by atoms with Crippen LogP contribution in [0.1, 0.15) is 17.2 Å². The van der Waals surface area contributed by atoms with E-state index in [4.69, 9.17) is 33.7 Å². The van der Waals surface area contributed by atoms with Gasteiger partial charge >= 0.3 is 0 Å². The van der Waals surface area contributed by atoms with Crippen LogP contribution in [0.25, 0.3) is 0 Å². The Morgan fingerprint density at radius 1 is 0.926 bits per heavy atom. The van der Waals surface area contributed by atoms with Crippen molar-refractivity contribution in [1.82, 2.24) is 0 Å². The molecule has 138 valence electrons. The first-order valence-electron chi connectivity index (χ1n) is 8.30. The van der Waals surface area contributed by atoms with Gasteiger partial charge in [-0.1, -0.05) is 83.9 Å². The minimum absolute atomic E-state index is 0.131. The van der Waals surface area contributed by atoms with Gasteiger partial charge in [0.05, 0.1) is 15.7 Å². The molecular weight excluding hydrogens is 383 g/mol. The number of nitrogen functional groups attached to an aromatic ring is 1. The second kappa shape index (κ2) is 8.91. The minimum Gasteiger partial charge on any atom is -0.396 e. The first-order chi connectivity index (χ1) is 13.0. The van der Waals surface area contributed by atoms with Gasteiger partial charge in [-0.05, 0) is 23.3 Å². The number of nitrogens with two attached hydrogens (primary N) is 1. The van der Waals surface area contributed by atoms with Crippen LogP contribution in [0.15, 0.2) is 72.8 Å². The summed E-state index contributed by atoms with van der Waals surface area (Å²) in [6.45, 7) is -0.131. The lowest BCUT2D eigenvalue weighted by Crippen LogP contribution is -2.20. The highest BCUT2D eigenvalue weighted by atomic mass is 35.5. The number of carbonyl (C=O) groups is 1. The number of hydrogen-bond acceptors (Lipinski definition) is 3. The van der Waals surface area contributed by atoms with Crippen LogP contribution in [0.5, 0.6) is 0 Å². The van der Waals surface area contributed by atoms with E-state index < -0.39 is 0 Å². The van der Waals surface area contributed by atoms with Gasteiger partial charge in [-0.25, -0.2) is 0 Å². The molecule has 0 aliphatic carbocycles. The fourth-order valence-electron chi connectivity index (χ4n) is 2.65. The Kier molecular flexibility index (Phi) is 6.35. The fourth-order valence-corrected chi connectivity index (χ4v) is 3.14. The molecule has 0 unspecified atom stereocenters. The van der Waals surface area contributed by atoms with E-state index in [9.17, 15) is 4.79 Å². The van der Waals surface area contributed by atoms with Crippen molar-refractivity contribution in [2.24, 2.45) is 0 Å². The summed E-state index contributed by atoms with van der Waals surface area (Å²) < 4.78 is 5.93. The Hall–Kier alpha value is -2.53. The molecule has 4 nitrogen and oxygen atoms in total. The summed E-state index contributed by atoms with van der Waals surface area (Å²) in [4.78, 5) is 12.3. The van der Waals surface area contributed by atoms with Gasteiger partial charge in [-0.3, -0.25) is 4.79 Å². The zero-order chi connectivity index (χ0) is 19.2. The number of nitrogens with one attached hydrogen (secondary N) is 1. The van der Waals surface area contributed by atoms with E-state index in [2.05, 4.69) is 5.32 Å². The summed E-state index contributed by atoms with van der Waals surface area (Å²) >= 11 is 12.0. The predicted octanol–water partition coefficient (Wildman–Crippen LogP) is 5.32. The molecule has 3 rings (SSSR count). The summed E-state index contributed by atoms with van der Waals surface area (Å²) in [5, 5.41) is 3.29. The van der Waals surface area contributed by atoms with Crippen LogP contribution in [0, 0.1) is 0 Å². The molecule has 0 spiro atoms. The van der Waals surface area contributed by atoms with Gasteiger partial charge in [0.1, 0.15) is 12.7 Å². The smallest absolute Gasteiger partial charge is 0.250 e. The molecule has 1 amide bonds. The number of anilines is 2. The molecule has 0 saturated carbocycles. The van der Waals surface area contributed by atoms with Crippen LogP contribution in [-0.2, 0) is 9.53 Å². The second-order valence-corrected chi connectivity index (χ2v) is 6.73. The normalized spacial score (nSPS) is 10.8. The molecule has 3 aromatic rings. The lowest BCUT2D eigenvalue weighted by atomic mass is 10.0. The van der Waals surface area contributed by atoms with E-state index in [1.807, 2.05) is 60.7 Å². The van der Waals surface area contributed by atoms with Crippen molar-refractivity contribution in [3.63, 3.8) is 0 Å². The molecule has 3 N–H and O–H groups in total. The fraction of sp³-hybridized carbons (Fsp3) is 0.0952. The number of carbonyl (C=O) groups excluding carboxylic acids is 1. The van der Waals surface area contributed by atoms with E-state index in [0.29, 0.717) is 5.69 Å². The Morgan fingerprint density at radius 3 is 1.89 bits per heavy atom. The average Bonchev–Trinajstić information content (AvgIpc) is 2.68. The van der Waals surface area contributed by atoms with Crippen LogP contribution >= 0.6 is 23.2 Å². The van der Waals surface area contributed by atoms with Crippen LogP contribution in [0.2, 0.25) is 10.0 Å². The summed E-state index contributed by atoms with van der Waals surface area (Å²) in [7, 11) is 0. The number of rotatable bonds is 6. The molecule has 6 heteroatoms. The van der Waals surface area contributed by atoms with Gasteiger partial charge < -0.3 is 15.8 Å². The average molecular weight is 401 g/mol. The summed E-state index contributed by atoms with van der Waals surface area (Å²) in [5.41, 5.74) is 8.38. The largest absolute Gasteiger partial charge is 0.396 e. The van der Waals surface area contributed by atoms with Gasteiger partial charge in [0, 0.05) is 5.69 Å². The van der Waals surface area contributed by atoms with E-state index >= 15 is 0 Å². The molecule has 0 atom stereocenters. The zero-order valence-corrected chi connectivity index (χ0v) is 15.9. The zero-order valence-electron chi connectivity index (χ0n) is 14.4. The lowest BCUT2D eigenvalue weighted by Gasteiger charge is -2.19. The number of hydrogen-bond donors (Lipinski definition) is 2. The molecule has 0 aliphatic heterocycles. The van der Waals surface area contributed by atoms with Gasteiger partial charge in [0.15, 0.2) is 0 Å². The standard InChI is InChI=1S/C21H18Cl2N2O2/c22-17-11-16(12-18(23)20(17)24)25-19(26)13-27-21(14-7-3-1-4-8-14)15-9-5-2-6-10-15/h1-12,21H,13,24H2,(H,25,26). The van der Waals surface area contributed by atoms with Crippen molar-refractivity contribution in [2.75, 3.05) is 17.7 Å². The third-order valence-electron chi connectivity index (χ3n) is 3.95. The molecule has 0 heterocycles. The van der Waals surface area contributed by atoms with E-state index in [0.717, 1.165) is 11.1 Å². The highest BCUT2D eigenvalue weighted by molar-refractivity contribution is 6.39. The van der Waals surface area contributed by atoms with Crippen molar-refractivity contribution in [3.8, 4) is 0 Å². The van der Waals surface area contributed by atoms with Crippen LogP contribution in [0.4, 0.5) is 11.4 Å². The SMILES string of the molecule is Nc1c(Cl)cc(NC(=O)COC(c2ccccc2)c2ccccc2)cc1Cl. The maximum atomic E-state index is 12.3. The number of ether oxygens (including phenoxy) is 1. The Morgan fingerprint density at radius 2 is 1.41 bits per heavy atom. The van der Waals surface area contributed by atoms with Crippen molar-refractivity contribution < 1.29 is 9.53 Å². The summed E-state index contributed by atoms with van der Waals surface area (Å²) in [5.74, 6) is -0.316. The number of amides is 1. The first-order valence-corrected chi connectivity index (χ1v) is 9.06. The monoisotopic (exact) mass is 400 g/mol. The highest BCUT2D eigenvalue weighted by Gasteiger charge is 2.16. The number of halogens is 2. The van der Waals surface area contributed by atoms with Crippen LogP contribution in [0.3, 0.4) is 0 Å². The van der Waals surface area contributed by atoms with Crippen molar-refractivity contribution in [3.05, 3.63) is 94.0 Å². The maximum absolute atomic E-state index is 12.3. The third kappa shape index (κ3) is 5.01. The van der Waals surface area contributed by atoms with E-state index in [1.54, 1.807) is 12.1 Å². The maximum Gasteiger partial charge on any atom is 0.250 e. The Labute approximate surface area is 167 Å². The molecular formula is C21H18Cl2N2O2. The second-order valence-electron chi connectivity index (χ2n) is 5.91. The van der Waals surface area contributed by atoms with E-state index in [1.165, 1.54) is 0 Å². The molecule has 0 saturated heterocycles. The van der Waals surface area contributed by atoms with Crippen molar-refractivity contribution in [2.45, 2.75) is 6.10 Å². The molecule has 0 bridgehead atoms. The highest BCUT2D eigenvalue weighted by Crippen LogP contribution is 2.31. The van der Waals surface area contributed by atoms with E-state index in [-0.39, 0.29) is 34.4 Å². The molecule has 0 radical (unpaired) electrons. The minimum atomic E-state index is -0.350. The molecule has 0 aliphatic rings.